The van der Waals surface area contributed by atoms with Gasteiger partial charge < -0.3 is 5.32 Å². The summed E-state index contributed by atoms with van der Waals surface area (Å²) in [6, 6.07) is 3.70. The number of rotatable bonds is 5. The lowest BCUT2D eigenvalue weighted by atomic mass is 10.3. The highest BCUT2D eigenvalue weighted by Crippen LogP contribution is 2.17. The van der Waals surface area contributed by atoms with Crippen molar-refractivity contribution in [2.24, 2.45) is 0 Å². The summed E-state index contributed by atoms with van der Waals surface area (Å²) in [5.41, 5.74) is 0. The Labute approximate surface area is 129 Å². The third-order valence-corrected chi connectivity index (χ3v) is 4.62. The van der Waals surface area contributed by atoms with Crippen molar-refractivity contribution >= 4 is 35.0 Å². The van der Waals surface area contributed by atoms with Crippen molar-refractivity contribution in [3.05, 3.63) is 28.2 Å². The number of carbonyl (C=O) groups is 2. The van der Waals surface area contributed by atoms with Gasteiger partial charge in [0, 0.05) is 24.4 Å². The zero-order chi connectivity index (χ0) is 14.7. The zero-order valence-corrected chi connectivity index (χ0v) is 12.7. The van der Waals surface area contributed by atoms with Crippen LogP contribution in [0, 0.1) is 0 Å². The van der Waals surface area contributed by atoms with E-state index in [1.54, 1.807) is 11.3 Å². The summed E-state index contributed by atoms with van der Waals surface area (Å²) in [4.78, 5) is 30.0. The lowest BCUT2D eigenvalue weighted by Crippen LogP contribution is -2.35. The number of H-pyrrole nitrogens is 1. The molecule has 3 heterocycles. The second kappa shape index (κ2) is 6.27. The minimum Gasteiger partial charge on any atom is -0.336 e. The van der Waals surface area contributed by atoms with Crippen LogP contribution in [-0.4, -0.2) is 50.9 Å². The molecule has 1 aliphatic heterocycles. The van der Waals surface area contributed by atoms with Crippen LogP contribution in [0.5, 0.6) is 0 Å². The number of amides is 3. The summed E-state index contributed by atoms with van der Waals surface area (Å²) in [5, 5.41) is 12.1. The number of aromatic amines is 1. The number of thiophene rings is 1. The van der Waals surface area contributed by atoms with E-state index in [0.717, 1.165) is 5.82 Å². The van der Waals surface area contributed by atoms with E-state index >= 15 is 0 Å². The van der Waals surface area contributed by atoms with Crippen molar-refractivity contribution in [1.29, 1.82) is 0 Å². The minimum atomic E-state index is -0.325. The van der Waals surface area contributed by atoms with Crippen LogP contribution in [0.4, 0.5) is 4.79 Å². The number of hydrogen-bond acceptors (Lipinski definition) is 6. The number of urea groups is 1. The molecule has 7 nitrogen and oxygen atoms in total. The van der Waals surface area contributed by atoms with E-state index in [9.17, 15) is 9.59 Å². The summed E-state index contributed by atoms with van der Waals surface area (Å²) in [7, 11) is 0. The Morgan fingerprint density at radius 3 is 3.14 bits per heavy atom. The molecule has 110 valence electrons. The number of thioether (sulfide) groups is 1. The first-order valence-corrected chi connectivity index (χ1v) is 8.23. The van der Waals surface area contributed by atoms with Gasteiger partial charge in [-0.25, -0.2) is 9.78 Å². The second-order valence-corrected chi connectivity index (χ2v) is 6.36. The largest absolute Gasteiger partial charge is 0.336 e. The molecule has 0 bridgehead atoms. The molecule has 0 radical (unpaired) electrons. The predicted molar refractivity (Wildman–Crippen MR) is 79.3 cm³/mol. The Hall–Kier alpha value is -1.87. The van der Waals surface area contributed by atoms with Gasteiger partial charge in [-0.1, -0.05) is 17.8 Å². The van der Waals surface area contributed by atoms with E-state index in [4.69, 9.17) is 0 Å². The standard InChI is InChI=1S/C12H13N5O2S2/c18-10(17-4-3-13-12(17)19)7-21-11-14-9(15-16-11)6-8-2-1-5-20-8/h1-2,5H,3-4,6-7H2,(H,13,19)(H,14,15,16). The SMILES string of the molecule is O=C(CSc1n[nH]c(Cc2cccs2)n1)N1CCNC1=O. The van der Waals surface area contributed by atoms with Crippen LogP contribution in [-0.2, 0) is 11.2 Å². The molecule has 1 aliphatic rings. The monoisotopic (exact) mass is 323 g/mol. The number of imide groups is 1. The maximum absolute atomic E-state index is 11.9. The maximum Gasteiger partial charge on any atom is 0.324 e. The predicted octanol–water partition coefficient (Wildman–Crippen LogP) is 1.10. The van der Waals surface area contributed by atoms with Crippen molar-refractivity contribution in [1.82, 2.24) is 25.4 Å². The lowest BCUT2D eigenvalue weighted by Gasteiger charge is -2.10. The fourth-order valence-electron chi connectivity index (χ4n) is 1.91. The van der Waals surface area contributed by atoms with Crippen molar-refractivity contribution in [3.63, 3.8) is 0 Å². The third kappa shape index (κ3) is 3.42. The molecule has 0 spiro atoms. The Balaban J connectivity index is 1.52. The van der Waals surface area contributed by atoms with Crippen LogP contribution in [0.15, 0.2) is 22.7 Å². The highest BCUT2D eigenvalue weighted by Gasteiger charge is 2.26. The maximum atomic E-state index is 11.9. The van der Waals surface area contributed by atoms with Crippen molar-refractivity contribution in [2.45, 2.75) is 11.6 Å². The third-order valence-electron chi connectivity index (χ3n) is 2.92. The average Bonchev–Trinajstić information content (AvgIpc) is 3.19. The second-order valence-electron chi connectivity index (χ2n) is 4.39. The lowest BCUT2D eigenvalue weighted by molar-refractivity contribution is -0.124. The fraction of sp³-hybridized carbons (Fsp3) is 0.333. The minimum absolute atomic E-state index is 0.156. The van der Waals surface area contributed by atoms with Crippen LogP contribution in [0.2, 0.25) is 0 Å². The number of hydrogen-bond donors (Lipinski definition) is 2. The molecule has 0 unspecified atom stereocenters. The zero-order valence-electron chi connectivity index (χ0n) is 11.0. The molecule has 1 fully saturated rings. The van der Waals surface area contributed by atoms with E-state index < -0.39 is 0 Å². The average molecular weight is 323 g/mol. The van der Waals surface area contributed by atoms with E-state index in [0.29, 0.717) is 24.7 Å². The number of nitrogens with zero attached hydrogens (tertiary/aromatic N) is 3. The van der Waals surface area contributed by atoms with Crippen LogP contribution in [0.1, 0.15) is 10.7 Å². The summed E-state index contributed by atoms with van der Waals surface area (Å²) in [5.74, 6) is 0.704. The first-order chi connectivity index (χ1) is 10.2. The molecule has 2 aromatic heterocycles. The molecule has 0 aliphatic carbocycles. The van der Waals surface area contributed by atoms with Crippen LogP contribution >= 0.6 is 23.1 Å². The summed E-state index contributed by atoms with van der Waals surface area (Å²) in [6.07, 6.45) is 0.702. The summed E-state index contributed by atoms with van der Waals surface area (Å²) >= 11 is 2.89. The molecule has 0 atom stereocenters. The van der Waals surface area contributed by atoms with E-state index in [2.05, 4.69) is 20.5 Å². The highest BCUT2D eigenvalue weighted by molar-refractivity contribution is 7.99. The van der Waals surface area contributed by atoms with Gasteiger partial charge in [0.05, 0.1) is 5.75 Å². The molecule has 2 N–H and O–H groups in total. The first-order valence-electron chi connectivity index (χ1n) is 6.37. The molecular weight excluding hydrogens is 310 g/mol. The van der Waals surface area contributed by atoms with Crippen LogP contribution < -0.4 is 5.32 Å². The summed E-state index contributed by atoms with van der Waals surface area (Å²) < 4.78 is 0. The van der Waals surface area contributed by atoms with Gasteiger partial charge in [0.15, 0.2) is 0 Å². The quantitative estimate of drug-likeness (QED) is 0.804. The van der Waals surface area contributed by atoms with Gasteiger partial charge in [-0.2, -0.15) is 0 Å². The normalized spacial score (nSPS) is 14.5. The van der Waals surface area contributed by atoms with Gasteiger partial charge in [-0.05, 0) is 11.4 Å². The van der Waals surface area contributed by atoms with E-state index in [1.807, 2.05) is 17.5 Å². The Kier molecular flexibility index (Phi) is 4.20. The van der Waals surface area contributed by atoms with Crippen molar-refractivity contribution < 1.29 is 9.59 Å². The molecule has 2 aromatic rings. The highest BCUT2D eigenvalue weighted by atomic mass is 32.2. The Morgan fingerprint density at radius 1 is 1.52 bits per heavy atom. The van der Waals surface area contributed by atoms with Crippen molar-refractivity contribution in [3.8, 4) is 0 Å². The first kappa shape index (κ1) is 14.1. The molecule has 9 heteroatoms. The fourth-order valence-corrected chi connectivity index (χ4v) is 3.32. The topological polar surface area (TPSA) is 91.0 Å². The van der Waals surface area contributed by atoms with Gasteiger partial charge in [0.1, 0.15) is 5.82 Å². The van der Waals surface area contributed by atoms with Gasteiger partial charge >= 0.3 is 6.03 Å². The van der Waals surface area contributed by atoms with E-state index in [1.165, 1.54) is 21.5 Å². The molecule has 21 heavy (non-hydrogen) atoms. The number of nitrogens with one attached hydrogen (secondary N) is 2. The number of aromatic nitrogens is 3. The van der Waals surface area contributed by atoms with Gasteiger partial charge in [-0.15, -0.1) is 16.4 Å². The van der Waals surface area contributed by atoms with Crippen LogP contribution in [0.25, 0.3) is 0 Å². The summed E-state index contributed by atoms with van der Waals surface area (Å²) in [6.45, 7) is 0.941. The molecular formula is C12H13N5O2S2. The number of carbonyl (C=O) groups excluding carboxylic acids is 2. The van der Waals surface area contributed by atoms with Crippen LogP contribution in [0.3, 0.4) is 0 Å². The Morgan fingerprint density at radius 2 is 2.43 bits per heavy atom. The van der Waals surface area contributed by atoms with Gasteiger partial charge in [-0.3, -0.25) is 14.8 Å². The smallest absolute Gasteiger partial charge is 0.324 e. The molecule has 1 saturated heterocycles. The molecule has 3 amide bonds. The molecule has 0 aromatic carbocycles. The van der Waals surface area contributed by atoms with Gasteiger partial charge in [0.25, 0.3) is 0 Å². The molecule has 3 rings (SSSR count). The molecule has 0 saturated carbocycles. The van der Waals surface area contributed by atoms with E-state index in [-0.39, 0.29) is 17.7 Å². The Bertz CT molecular complexity index is 640. The van der Waals surface area contributed by atoms with Crippen molar-refractivity contribution in [2.75, 3.05) is 18.8 Å². The van der Waals surface area contributed by atoms with Gasteiger partial charge in [0.2, 0.25) is 11.1 Å².